The molecule has 4 rings (SSSR count). The van der Waals surface area contributed by atoms with Crippen LogP contribution in [0.5, 0.6) is 0 Å². The quantitative estimate of drug-likeness (QED) is 0.480. The van der Waals surface area contributed by atoms with Crippen LogP contribution in [0, 0.1) is 29.2 Å². The second-order valence-corrected chi connectivity index (χ2v) is 10.3. The number of sulfone groups is 1. The van der Waals surface area contributed by atoms with Crippen molar-refractivity contribution in [3.8, 4) is 0 Å². The molecule has 0 radical (unpaired) electrons. The van der Waals surface area contributed by atoms with Gasteiger partial charge in [-0.1, -0.05) is 24.3 Å². The highest BCUT2D eigenvalue weighted by Crippen LogP contribution is 2.42. The van der Waals surface area contributed by atoms with Gasteiger partial charge in [-0.05, 0) is 53.1 Å². The van der Waals surface area contributed by atoms with E-state index in [9.17, 15) is 26.0 Å². The number of likely N-dealkylation sites (tertiary alicyclic amines) is 1. The second kappa shape index (κ2) is 8.67. The van der Waals surface area contributed by atoms with E-state index in [1.54, 1.807) is 24.3 Å². The van der Waals surface area contributed by atoms with Crippen LogP contribution < -0.4 is 0 Å². The van der Waals surface area contributed by atoms with E-state index >= 15 is 0 Å². The predicted octanol–water partition coefficient (Wildman–Crippen LogP) is 5.05. The molecule has 8 heteroatoms. The molecule has 3 aromatic rings. The van der Waals surface area contributed by atoms with Gasteiger partial charge in [0.2, 0.25) is 0 Å². The Morgan fingerprint density at radius 1 is 0.750 bits per heavy atom. The van der Waals surface area contributed by atoms with Crippen molar-refractivity contribution in [3.05, 3.63) is 107 Å². The molecule has 3 nitrogen and oxygen atoms in total. The monoisotopic (exact) mass is 463 g/mol. The molecular formula is C24H21F4NO2S. The summed E-state index contributed by atoms with van der Waals surface area (Å²) in [4.78, 5) is 1.90. The van der Waals surface area contributed by atoms with Crippen molar-refractivity contribution < 1.29 is 26.0 Å². The Kier molecular flexibility index (Phi) is 6.09. The van der Waals surface area contributed by atoms with Crippen LogP contribution in [0.1, 0.15) is 28.0 Å². The van der Waals surface area contributed by atoms with Crippen molar-refractivity contribution >= 4 is 9.84 Å². The molecule has 0 amide bonds. The molecule has 1 saturated heterocycles. The van der Waals surface area contributed by atoms with Gasteiger partial charge in [0.25, 0.3) is 0 Å². The molecule has 168 valence electrons. The maximum atomic E-state index is 13.9. The summed E-state index contributed by atoms with van der Waals surface area (Å²) in [5, 5.41) is -1.09. The van der Waals surface area contributed by atoms with Gasteiger partial charge in [-0.15, -0.1) is 0 Å². The van der Waals surface area contributed by atoms with Gasteiger partial charge in [0.15, 0.2) is 9.84 Å². The van der Waals surface area contributed by atoms with Crippen LogP contribution in [0.2, 0.25) is 0 Å². The fourth-order valence-corrected chi connectivity index (χ4v) is 6.03. The molecule has 32 heavy (non-hydrogen) atoms. The van der Waals surface area contributed by atoms with Crippen LogP contribution in [-0.2, 0) is 9.84 Å². The molecule has 1 fully saturated rings. The Morgan fingerprint density at radius 3 is 1.66 bits per heavy atom. The number of rotatable bonds is 6. The average Bonchev–Trinajstić information content (AvgIpc) is 2.64. The first-order chi connectivity index (χ1) is 15.1. The van der Waals surface area contributed by atoms with Crippen molar-refractivity contribution in [1.29, 1.82) is 0 Å². The van der Waals surface area contributed by atoms with E-state index < -0.39 is 50.3 Å². The summed E-state index contributed by atoms with van der Waals surface area (Å²) in [6.45, 7) is 0.543. The van der Waals surface area contributed by atoms with E-state index in [0.717, 1.165) is 18.4 Å². The summed E-state index contributed by atoms with van der Waals surface area (Å²) in [5.41, 5.74) is 1.26. The third-order valence-corrected chi connectivity index (χ3v) is 7.31. The molecule has 0 saturated carbocycles. The maximum Gasteiger partial charge on any atom is 0.154 e. The molecular weight excluding hydrogens is 442 g/mol. The predicted molar refractivity (Wildman–Crippen MR) is 114 cm³/mol. The number of hydrogen-bond acceptors (Lipinski definition) is 3. The fourth-order valence-electron chi connectivity index (χ4n) is 4.53. The van der Waals surface area contributed by atoms with Gasteiger partial charge in [-0.2, -0.15) is 0 Å². The van der Waals surface area contributed by atoms with Crippen molar-refractivity contribution in [3.63, 3.8) is 0 Å². The summed E-state index contributed by atoms with van der Waals surface area (Å²) in [6.07, 6.45) is 1.04. The first kappa shape index (κ1) is 22.5. The van der Waals surface area contributed by atoms with E-state index in [-0.39, 0.29) is 18.7 Å². The Hall–Kier alpha value is -2.71. The molecule has 1 unspecified atom stereocenters. The van der Waals surface area contributed by atoms with Crippen LogP contribution in [0.3, 0.4) is 0 Å². The van der Waals surface area contributed by atoms with Gasteiger partial charge in [0.05, 0.1) is 11.3 Å². The lowest BCUT2D eigenvalue weighted by molar-refractivity contribution is 0.0652. The van der Waals surface area contributed by atoms with Crippen LogP contribution in [0.4, 0.5) is 17.6 Å². The summed E-state index contributed by atoms with van der Waals surface area (Å²) >= 11 is 0. The molecule has 0 spiro atoms. The normalized spacial score (nSPS) is 16.2. The molecule has 0 bridgehead atoms. The Balaban J connectivity index is 1.66. The summed E-state index contributed by atoms with van der Waals surface area (Å²) in [6, 6.07) is 14.2. The van der Waals surface area contributed by atoms with Gasteiger partial charge >= 0.3 is 0 Å². The van der Waals surface area contributed by atoms with Gasteiger partial charge in [-0.3, -0.25) is 4.90 Å². The summed E-state index contributed by atoms with van der Waals surface area (Å²) in [7, 11) is -3.68. The molecule has 3 aromatic carbocycles. The number of halogens is 4. The minimum Gasteiger partial charge on any atom is -0.292 e. The molecule has 1 aliphatic rings. The topological polar surface area (TPSA) is 37.4 Å². The van der Waals surface area contributed by atoms with E-state index in [4.69, 9.17) is 0 Å². The highest BCUT2D eigenvalue weighted by Gasteiger charge is 2.43. The zero-order valence-corrected chi connectivity index (χ0v) is 18.0. The standard InChI is InChI=1S/C24H21F4NO2S/c1-32(30,31)24(17-10-21(27)12-22(28)11-17)18-13-29(14-18)23(15-4-2-6-19(25)8-15)16-5-3-7-20(26)9-16/h2-12,18,23-24H,13-14H2,1H3. The highest BCUT2D eigenvalue weighted by atomic mass is 32.2. The van der Waals surface area contributed by atoms with Crippen LogP contribution in [-0.4, -0.2) is 32.7 Å². The van der Waals surface area contributed by atoms with Crippen LogP contribution in [0.25, 0.3) is 0 Å². The minimum atomic E-state index is -3.68. The van der Waals surface area contributed by atoms with E-state index in [0.29, 0.717) is 17.2 Å². The molecule has 1 atom stereocenters. The third kappa shape index (κ3) is 4.71. The van der Waals surface area contributed by atoms with Crippen LogP contribution >= 0.6 is 0 Å². The lowest BCUT2D eigenvalue weighted by atomic mass is 9.86. The van der Waals surface area contributed by atoms with Crippen molar-refractivity contribution in [2.75, 3.05) is 19.3 Å². The highest BCUT2D eigenvalue weighted by molar-refractivity contribution is 7.90. The lowest BCUT2D eigenvalue weighted by Crippen LogP contribution is -2.52. The largest absolute Gasteiger partial charge is 0.292 e. The van der Waals surface area contributed by atoms with E-state index in [1.807, 2.05) is 4.90 Å². The fraction of sp³-hybridized carbons (Fsp3) is 0.250. The molecule has 1 aliphatic heterocycles. The Morgan fingerprint density at radius 2 is 1.22 bits per heavy atom. The smallest absolute Gasteiger partial charge is 0.154 e. The zero-order valence-electron chi connectivity index (χ0n) is 17.2. The Bertz CT molecular complexity index is 1180. The summed E-state index contributed by atoms with van der Waals surface area (Å²) < 4.78 is 80.4. The number of hydrogen-bond donors (Lipinski definition) is 0. The van der Waals surface area contributed by atoms with Crippen molar-refractivity contribution in [2.24, 2.45) is 5.92 Å². The second-order valence-electron chi connectivity index (χ2n) is 8.18. The molecule has 0 aromatic heterocycles. The minimum absolute atomic E-state index is 0.0581. The third-order valence-electron chi connectivity index (χ3n) is 5.73. The Labute approximate surface area is 184 Å². The van der Waals surface area contributed by atoms with Crippen LogP contribution in [0.15, 0.2) is 66.7 Å². The SMILES string of the molecule is CS(=O)(=O)C(c1cc(F)cc(F)c1)C1CN(C(c2cccc(F)c2)c2cccc(F)c2)C1. The number of benzene rings is 3. The summed E-state index contributed by atoms with van der Waals surface area (Å²) in [5.74, 6) is -3.00. The first-order valence-electron chi connectivity index (χ1n) is 10.0. The molecule has 0 N–H and O–H groups in total. The molecule has 0 aliphatic carbocycles. The van der Waals surface area contributed by atoms with Gasteiger partial charge in [-0.25, -0.2) is 26.0 Å². The lowest BCUT2D eigenvalue weighted by Gasteiger charge is -2.47. The van der Waals surface area contributed by atoms with Crippen molar-refractivity contribution in [1.82, 2.24) is 4.90 Å². The van der Waals surface area contributed by atoms with E-state index in [2.05, 4.69) is 0 Å². The number of nitrogens with zero attached hydrogens (tertiary/aromatic N) is 1. The van der Waals surface area contributed by atoms with Gasteiger partial charge in [0.1, 0.15) is 23.3 Å². The van der Waals surface area contributed by atoms with Gasteiger partial charge < -0.3 is 0 Å². The zero-order chi connectivity index (χ0) is 23.0. The maximum absolute atomic E-state index is 13.9. The van der Waals surface area contributed by atoms with Gasteiger partial charge in [0, 0.05) is 31.3 Å². The first-order valence-corrected chi connectivity index (χ1v) is 12.0. The molecule has 1 heterocycles. The average molecular weight is 463 g/mol. The van der Waals surface area contributed by atoms with Crippen molar-refractivity contribution in [2.45, 2.75) is 11.3 Å². The van der Waals surface area contributed by atoms with E-state index in [1.165, 1.54) is 24.3 Å².